The number of benzene rings is 1. The molecule has 0 unspecified atom stereocenters. The molecule has 0 bridgehead atoms. The Bertz CT molecular complexity index is 417. The average molecular weight is 264 g/mol. The summed E-state index contributed by atoms with van der Waals surface area (Å²) < 4.78 is 18.8. The van der Waals surface area contributed by atoms with Crippen LogP contribution in [-0.2, 0) is 0 Å². The molecule has 0 spiro atoms. The quantitative estimate of drug-likeness (QED) is 0.827. The van der Waals surface area contributed by atoms with E-state index >= 15 is 0 Å². The Morgan fingerprint density at radius 1 is 1.21 bits per heavy atom. The van der Waals surface area contributed by atoms with E-state index in [-0.39, 0.29) is 11.9 Å². The minimum absolute atomic E-state index is 0.216. The van der Waals surface area contributed by atoms with Crippen molar-refractivity contribution in [3.8, 4) is 5.75 Å². The normalized spacial score (nSPS) is 28.3. The number of likely N-dealkylation sites (tertiary alicyclic amines) is 2. The number of hydrogen-bond donors (Lipinski definition) is 0. The van der Waals surface area contributed by atoms with Crippen LogP contribution in [0.15, 0.2) is 24.3 Å². The smallest absolute Gasteiger partial charge is 0.128 e. The molecule has 2 aliphatic rings. The highest BCUT2D eigenvalue weighted by atomic mass is 19.1. The van der Waals surface area contributed by atoms with E-state index in [2.05, 4.69) is 16.8 Å². The van der Waals surface area contributed by atoms with Gasteiger partial charge in [0.1, 0.15) is 17.7 Å². The number of halogens is 1. The van der Waals surface area contributed by atoms with Crippen LogP contribution in [0.5, 0.6) is 5.75 Å². The maximum atomic E-state index is 12.9. The minimum atomic E-state index is -0.216. The van der Waals surface area contributed by atoms with Crippen LogP contribution in [0.4, 0.5) is 4.39 Å². The monoisotopic (exact) mass is 264 g/mol. The van der Waals surface area contributed by atoms with Gasteiger partial charge in [-0.3, -0.25) is 4.90 Å². The number of nitrogens with zero attached hydrogens (tertiary/aromatic N) is 2. The summed E-state index contributed by atoms with van der Waals surface area (Å²) in [6.45, 7) is 4.47. The SMILES string of the molecule is CN1C[C@@H](Oc2ccc(F)cc2)[C@H]1CN1CCCC1. The summed E-state index contributed by atoms with van der Waals surface area (Å²) >= 11 is 0. The zero-order valence-corrected chi connectivity index (χ0v) is 11.4. The summed E-state index contributed by atoms with van der Waals surface area (Å²) in [5.41, 5.74) is 0. The van der Waals surface area contributed by atoms with Crippen LogP contribution in [0, 0.1) is 5.82 Å². The first kappa shape index (κ1) is 12.9. The molecule has 0 N–H and O–H groups in total. The summed E-state index contributed by atoms with van der Waals surface area (Å²) in [4.78, 5) is 4.86. The standard InChI is InChI=1S/C15H21FN2O/c1-17-11-15(14(17)10-18-8-2-3-9-18)19-13-6-4-12(16)5-7-13/h4-7,14-15H,2-3,8-11H2,1H3/t14-,15-/m1/s1. The van der Waals surface area contributed by atoms with Gasteiger partial charge in [0.25, 0.3) is 0 Å². The maximum absolute atomic E-state index is 12.9. The molecule has 3 nitrogen and oxygen atoms in total. The van der Waals surface area contributed by atoms with Gasteiger partial charge in [0.05, 0.1) is 6.04 Å². The Morgan fingerprint density at radius 3 is 2.53 bits per heavy atom. The summed E-state index contributed by atoms with van der Waals surface area (Å²) in [6.07, 6.45) is 2.87. The molecule has 19 heavy (non-hydrogen) atoms. The second-order valence-electron chi connectivity index (χ2n) is 5.62. The number of ether oxygens (including phenoxy) is 1. The van der Waals surface area contributed by atoms with Gasteiger partial charge >= 0.3 is 0 Å². The van der Waals surface area contributed by atoms with Crippen LogP contribution in [0.3, 0.4) is 0 Å². The molecule has 1 aromatic carbocycles. The van der Waals surface area contributed by atoms with Crippen molar-refractivity contribution in [2.45, 2.75) is 25.0 Å². The lowest BCUT2D eigenvalue weighted by atomic mass is 9.99. The first-order chi connectivity index (χ1) is 9.22. The van der Waals surface area contributed by atoms with Crippen molar-refractivity contribution in [1.29, 1.82) is 0 Å². The lowest BCUT2D eigenvalue weighted by Crippen LogP contribution is -2.64. The third-order valence-electron chi connectivity index (χ3n) is 4.21. The third-order valence-corrected chi connectivity index (χ3v) is 4.21. The highest BCUT2D eigenvalue weighted by Gasteiger charge is 2.39. The predicted octanol–water partition coefficient (Wildman–Crippen LogP) is 1.98. The first-order valence-corrected chi connectivity index (χ1v) is 7.07. The van der Waals surface area contributed by atoms with Crippen LogP contribution in [-0.4, -0.2) is 55.2 Å². The van der Waals surface area contributed by atoms with Crippen molar-refractivity contribution in [2.75, 3.05) is 33.2 Å². The minimum Gasteiger partial charge on any atom is -0.487 e. The highest BCUT2D eigenvalue weighted by molar-refractivity contribution is 5.23. The van der Waals surface area contributed by atoms with Crippen molar-refractivity contribution >= 4 is 0 Å². The van der Waals surface area contributed by atoms with Crippen LogP contribution < -0.4 is 4.74 Å². The van der Waals surface area contributed by atoms with Crippen LogP contribution in [0.25, 0.3) is 0 Å². The fourth-order valence-corrected chi connectivity index (χ4v) is 2.98. The molecule has 2 fully saturated rings. The Labute approximate surface area is 114 Å². The largest absolute Gasteiger partial charge is 0.487 e. The van der Waals surface area contributed by atoms with E-state index in [1.165, 1.54) is 38.1 Å². The number of likely N-dealkylation sites (N-methyl/N-ethyl adjacent to an activating group) is 1. The van der Waals surface area contributed by atoms with Gasteiger partial charge in [-0.05, 0) is 57.2 Å². The van der Waals surface area contributed by atoms with Crippen molar-refractivity contribution in [3.05, 3.63) is 30.1 Å². The van der Waals surface area contributed by atoms with E-state index in [1.54, 1.807) is 12.1 Å². The topological polar surface area (TPSA) is 15.7 Å². The molecule has 104 valence electrons. The summed E-state index contributed by atoms with van der Waals surface area (Å²) in [7, 11) is 2.14. The van der Waals surface area contributed by atoms with E-state index < -0.39 is 0 Å². The molecule has 2 saturated heterocycles. The highest BCUT2D eigenvalue weighted by Crippen LogP contribution is 2.24. The Hall–Kier alpha value is -1.13. The molecular formula is C15H21FN2O. The van der Waals surface area contributed by atoms with Crippen molar-refractivity contribution < 1.29 is 9.13 Å². The zero-order valence-electron chi connectivity index (χ0n) is 11.4. The maximum Gasteiger partial charge on any atom is 0.128 e. The van der Waals surface area contributed by atoms with Crippen LogP contribution in [0.1, 0.15) is 12.8 Å². The fraction of sp³-hybridized carbons (Fsp3) is 0.600. The van der Waals surface area contributed by atoms with Crippen LogP contribution >= 0.6 is 0 Å². The molecule has 0 amide bonds. The van der Waals surface area contributed by atoms with Gasteiger partial charge in [-0.1, -0.05) is 0 Å². The van der Waals surface area contributed by atoms with E-state index in [1.807, 2.05) is 0 Å². The van der Waals surface area contributed by atoms with Crippen molar-refractivity contribution in [1.82, 2.24) is 9.80 Å². The summed E-state index contributed by atoms with van der Waals surface area (Å²) in [5, 5.41) is 0. The van der Waals surface area contributed by atoms with Gasteiger partial charge in [-0.25, -0.2) is 4.39 Å². The Kier molecular flexibility index (Phi) is 3.71. The van der Waals surface area contributed by atoms with E-state index in [4.69, 9.17) is 4.74 Å². The average Bonchev–Trinajstić information content (AvgIpc) is 2.91. The summed E-state index contributed by atoms with van der Waals surface area (Å²) in [5.74, 6) is 0.553. The van der Waals surface area contributed by atoms with Gasteiger partial charge in [0.2, 0.25) is 0 Å². The molecule has 0 aromatic heterocycles. The van der Waals surface area contributed by atoms with E-state index in [0.29, 0.717) is 6.04 Å². The van der Waals surface area contributed by atoms with Crippen molar-refractivity contribution in [3.63, 3.8) is 0 Å². The molecule has 4 heteroatoms. The lowest BCUT2D eigenvalue weighted by Gasteiger charge is -2.46. The Balaban J connectivity index is 1.56. The zero-order chi connectivity index (χ0) is 13.2. The van der Waals surface area contributed by atoms with Gasteiger partial charge in [-0.15, -0.1) is 0 Å². The molecule has 2 atom stereocenters. The molecule has 2 heterocycles. The number of hydrogen-bond acceptors (Lipinski definition) is 3. The molecule has 0 saturated carbocycles. The molecule has 2 aliphatic heterocycles. The van der Waals surface area contributed by atoms with E-state index in [9.17, 15) is 4.39 Å². The first-order valence-electron chi connectivity index (χ1n) is 7.07. The number of rotatable bonds is 4. The van der Waals surface area contributed by atoms with Crippen molar-refractivity contribution in [2.24, 2.45) is 0 Å². The lowest BCUT2D eigenvalue weighted by molar-refractivity contribution is -0.0406. The van der Waals surface area contributed by atoms with Gasteiger partial charge in [-0.2, -0.15) is 0 Å². The Morgan fingerprint density at radius 2 is 1.89 bits per heavy atom. The third kappa shape index (κ3) is 2.90. The van der Waals surface area contributed by atoms with Gasteiger partial charge in [0, 0.05) is 13.1 Å². The molecule has 1 aromatic rings. The van der Waals surface area contributed by atoms with Gasteiger partial charge < -0.3 is 9.64 Å². The van der Waals surface area contributed by atoms with Crippen LogP contribution in [0.2, 0.25) is 0 Å². The molecular weight excluding hydrogens is 243 g/mol. The van der Waals surface area contributed by atoms with Gasteiger partial charge in [0.15, 0.2) is 0 Å². The second-order valence-corrected chi connectivity index (χ2v) is 5.62. The predicted molar refractivity (Wildman–Crippen MR) is 72.9 cm³/mol. The molecule has 3 rings (SSSR count). The fourth-order valence-electron chi connectivity index (χ4n) is 2.98. The summed E-state index contributed by atoms with van der Waals surface area (Å²) in [6, 6.07) is 6.78. The van der Waals surface area contributed by atoms with E-state index in [0.717, 1.165) is 18.8 Å². The second kappa shape index (κ2) is 5.47. The molecule has 0 radical (unpaired) electrons. The molecule has 0 aliphatic carbocycles.